The molecule has 1 amide bonds. The number of nitrogens with zero attached hydrogens (tertiary/aromatic N) is 2. The fourth-order valence-electron chi connectivity index (χ4n) is 2.79. The molecule has 1 aromatic carbocycles. The van der Waals surface area contributed by atoms with Crippen molar-refractivity contribution in [3.8, 4) is 11.9 Å². The third-order valence-corrected chi connectivity index (χ3v) is 5.36. The van der Waals surface area contributed by atoms with Gasteiger partial charge in [-0.1, -0.05) is 41.5 Å². The van der Waals surface area contributed by atoms with Crippen LogP contribution in [0.5, 0.6) is 5.75 Å². The summed E-state index contributed by atoms with van der Waals surface area (Å²) in [6.45, 7) is 14.2. The summed E-state index contributed by atoms with van der Waals surface area (Å²) in [7, 11) is 0. The van der Waals surface area contributed by atoms with Crippen molar-refractivity contribution in [3.63, 3.8) is 0 Å². The number of amidine groups is 1. The predicted octanol–water partition coefficient (Wildman–Crippen LogP) is 4.42. The molecule has 0 aliphatic carbocycles. The van der Waals surface area contributed by atoms with Gasteiger partial charge in [0.1, 0.15) is 5.75 Å². The van der Waals surface area contributed by atoms with Crippen molar-refractivity contribution in [2.24, 2.45) is 4.99 Å². The van der Waals surface area contributed by atoms with E-state index in [0.717, 1.165) is 34.0 Å². The molecule has 1 aromatic rings. The van der Waals surface area contributed by atoms with E-state index in [4.69, 9.17) is 5.26 Å². The summed E-state index contributed by atoms with van der Waals surface area (Å²) in [5.41, 5.74) is 2.87. The summed E-state index contributed by atoms with van der Waals surface area (Å²) in [4.78, 5) is 16.4. The highest BCUT2D eigenvalue weighted by molar-refractivity contribution is 8.18. The second kappa shape index (κ2) is 6.81. The highest BCUT2D eigenvalue weighted by Crippen LogP contribution is 2.42. The Balaban J connectivity index is 2.71. The lowest BCUT2D eigenvalue weighted by Gasteiger charge is -2.28. The largest absolute Gasteiger partial charge is 0.507 e. The summed E-state index contributed by atoms with van der Waals surface area (Å²) < 4.78 is 0. The van der Waals surface area contributed by atoms with Crippen LogP contribution in [0.2, 0.25) is 0 Å². The number of phenolic OH excluding ortho intramolecular Hbond substituents is 1. The molecule has 0 aromatic heterocycles. The monoisotopic (exact) mass is 371 g/mol. The van der Waals surface area contributed by atoms with Gasteiger partial charge in [-0.15, -0.1) is 4.99 Å². The number of allylic oxidation sites excluding steroid dienone is 1. The van der Waals surface area contributed by atoms with E-state index < -0.39 is 0 Å². The zero-order valence-corrected chi connectivity index (χ0v) is 17.1. The maximum atomic E-state index is 12.3. The van der Waals surface area contributed by atoms with Gasteiger partial charge in [-0.2, -0.15) is 5.26 Å². The average Bonchev–Trinajstić information content (AvgIpc) is 2.85. The van der Waals surface area contributed by atoms with Gasteiger partial charge in [0.05, 0.1) is 4.91 Å². The Morgan fingerprint density at radius 3 is 2.08 bits per heavy atom. The maximum Gasteiger partial charge on any atom is 0.264 e. The highest BCUT2D eigenvalue weighted by atomic mass is 32.2. The number of carbonyl (C=O) groups is 1. The van der Waals surface area contributed by atoms with E-state index in [1.165, 1.54) is 0 Å². The van der Waals surface area contributed by atoms with Crippen LogP contribution in [0.3, 0.4) is 0 Å². The molecule has 1 fully saturated rings. The van der Waals surface area contributed by atoms with Crippen LogP contribution in [0.15, 0.2) is 22.0 Å². The van der Waals surface area contributed by atoms with Crippen LogP contribution in [-0.2, 0) is 15.6 Å². The van der Waals surface area contributed by atoms with Crippen LogP contribution >= 0.6 is 11.8 Å². The topological polar surface area (TPSA) is 85.5 Å². The molecular formula is C20H25N3O2S. The molecule has 1 aliphatic heterocycles. The van der Waals surface area contributed by atoms with Gasteiger partial charge in [-0.3, -0.25) is 10.1 Å². The number of phenols is 1. The Hall–Kier alpha value is -2.26. The Morgan fingerprint density at radius 1 is 1.15 bits per heavy atom. The highest BCUT2D eigenvalue weighted by Gasteiger charge is 2.30. The van der Waals surface area contributed by atoms with Gasteiger partial charge in [-0.05, 0) is 52.8 Å². The van der Waals surface area contributed by atoms with Crippen LogP contribution < -0.4 is 5.32 Å². The zero-order valence-electron chi connectivity index (χ0n) is 16.3. The van der Waals surface area contributed by atoms with Gasteiger partial charge in [-0.25, -0.2) is 0 Å². The second-order valence-electron chi connectivity index (χ2n) is 8.45. The third kappa shape index (κ3) is 3.94. The minimum atomic E-state index is -0.260. The SMILES string of the molecule is CC(=C1SC(=NC#N)NC1=O)c1cc(C(C)(C)C)c(O)c(C(C)(C)C)c1. The summed E-state index contributed by atoms with van der Waals surface area (Å²) in [6, 6.07) is 3.89. The lowest BCUT2D eigenvalue weighted by atomic mass is 9.78. The number of carbonyl (C=O) groups excluding carboxylic acids is 1. The minimum Gasteiger partial charge on any atom is -0.507 e. The first-order valence-corrected chi connectivity index (χ1v) is 9.23. The molecule has 138 valence electrons. The molecule has 0 spiro atoms. The fraction of sp³-hybridized carbons (Fsp3) is 0.450. The number of nitriles is 1. The minimum absolute atomic E-state index is 0.246. The van der Waals surface area contributed by atoms with E-state index in [0.29, 0.717) is 10.7 Å². The van der Waals surface area contributed by atoms with Crippen LogP contribution in [0.25, 0.3) is 5.57 Å². The fourth-order valence-corrected chi connectivity index (χ4v) is 3.63. The molecule has 6 heteroatoms. The van der Waals surface area contributed by atoms with E-state index in [2.05, 4.69) is 51.9 Å². The summed E-state index contributed by atoms with van der Waals surface area (Å²) in [5, 5.41) is 22.4. The summed E-state index contributed by atoms with van der Waals surface area (Å²) in [6.07, 6.45) is 1.69. The van der Waals surface area contributed by atoms with Crippen molar-refractivity contribution >= 4 is 28.4 Å². The molecule has 0 unspecified atom stereocenters. The third-order valence-electron chi connectivity index (χ3n) is 4.28. The number of nitrogens with one attached hydrogen (secondary N) is 1. The smallest absolute Gasteiger partial charge is 0.264 e. The van der Waals surface area contributed by atoms with Gasteiger partial charge in [0, 0.05) is 11.1 Å². The Labute approximate surface area is 159 Å². The van der Waals surface area contributed by atoms with Gasteiger partial charge in [0.15, 0.2) is 5.17 Å². The van der Waals surface area contributed by atoms with E-state index in [-0.39, 0.29) is 21.9 Å². The van der Waals surface area contributed by atoms with Crippen LogP contribution in [0.1, 0.15) is 65.2 Å². The van der Waals surface area contributed by atoms with E-state index in [1.807, 2.05) is 19.1 Å². The van der Waals surface area contributed by atoms with Gasteiger partial charge >= 0.3 is 0 Å². The number of rotatable bonds is 1. The molecule has 5 nitrogen and oxygen atoms in total. The van der Waals surface area contributed by atoms with Gasteiger partial charge in [0.25, 0.3) is 5.91 Å². The standard InChI is InChI=1S/C20H25N3O2S/c1-11(16-17(25)23-18(26-16)22-10-21)12-8-13(19(2,3)4)15(24)14(9-12)20(5,6)7/h8-9,24H,1-7H3,(H,22,23,25). The molecule has 1 heterocycles. The normalized spacial score (nSPS) is 18.7. The Bertz CT molecular complexity index is 828. The molecule has 0 atom stereocenters. The van der Waals surface area contributed by atoms with Crippen molar-refractivity contribution in [1.82, 2.24) is 5.32 Å². The van der Waals surface area contributed by atoms with Crippen LogP contribution in [0, 0.1) is 11.5 Å². The number of hydrogen-bond acceptors (Lipinski definition) is 5. The van der Waals surface area contributed by atoms with Crippen molar-refractivity contribution < 1.29 is 9.90 Å². The Kier molecular flexibility index (Phi) is 5.25. The summed E-state index contributed by atoms with van der Waals surface area (Å²) >= 11 is 1.16. The predicted molar refractivity (Wildman–Crippen MR) is 107 cm³/mol. The van der Waals surface area contributed by atoms with E-state index >= 15 is 0 Å². The average molecular weight is 372 g/mol. The number of benzene rings is 1. The quantitative estimate of drug-likeness (QED) is 0.565. The number of hydrogen-bond donors (Lipinski definition) is 2. The number of aromatic hydroxyl groups is 1. The number of aliphatic imine (C=N–C) groups is 1. The molecule has 0 saturated carbocycles. The van der Waals surface area contributed by atoms with E-state index in [9.17, 15) is 9.90 Å². The molecule has 1 saturated heterocycles. The molecular weight excluding hydrogens is 346 g/mol. The molecule has 0 bridgehead atoms. The van der Waals surface area contributed by atoms with Gasteiger partial charge in [0.2, 0.25) is 6.19 Å². The molecule has 1 aliphatic rings. The number of thioether (sulfide) groups is 1. The molecule has 2 rings (SSSR count). The maximum absolute atomic E-state index is 12.3. The van der Waals surface area contributed by atoms with Crippen LogP contribution in [-0.4, -0.2) is 16.2 Å². The van der Waals surface area contributed by atoms with Crippen molar-refractivity contribution in [3.05, 3.63) is 33.7 Å². The zero-order chi connectivity index (χ0) is 19.9. The second-order valence-corrected chi connectivity index (χ2v) is 9.45. The van der Waals surface area contributed by atoms with Crippen molar-refractivity contribution in [2.45, 2.75) is 59.3 Å². The number of amides is 1. The van der Waals surface area contributed by atoms with Crippen molar-refractivity contribution in [1.29, 1.82) is 5.26 Å². The molecule has 26 heavy (non-hydrogen) atoms. The van der Waals surface area contributed by atoms with Gasteiger partial charge < -0.3 is 5.11 Å². The van der Waals surface area contributed by atoms with Crippen LogP contribution in [0.4, 0.5) is 0 Å². The first kappa shape index (κ1) is 20.1. The summed E-state index contributed by atoms with van der Waals surface area (Å²) in [5.74, 6) is 0.0472. The first-order valence-electron chi connectivity index (χ1n) is 8.41. The first-order chi connectivity index (χ1) is 11.9. The van der Waals surface area contributed by atoms with Crippen molar-refractivity contribution in [2.75, 3.05) is 0 Å². The molecule has 2 N–H and O–H groups in total. The molecule has 0 radical (unpaired) electrons. The lowest BCUT2D eigenvalue weighted by molar-refractivity contribution is -0.115. The Morgan fingerprint density at radius 2 is 1.65 bits per heavy atom. The lowest BCUT2D eigenvalue weighted by Crippen LogP contribution is -2.20. The van der Waals surface area contributed by atoms with E-state index in [1.54, 1.807) is 6.19 Å².